The number of nitrogens with two attached hydrogens (primary N) is 1. The van der Waals surface area contributed by atoms with Crippen LogP contribution in [-0.2, 0) is 38.2 Å². The fraction of sp³-hybridized carbons (Fsp3) is 0.455. The van der Waals surface area contributed by atoms with Crippen molar-refractivity contribution >= 4 is 35.8 Å². The van der Waals surface area contributed by atoms with Crippen LogP contribution in [0.3, 0.4) is 0 Å². The van der Waals surface area contributed by atoms with Crippen LogP contribution in [0.15, 0.2) is 0 Å². The van der Waals surface area contributed by atoms with E-state index in [0.717, 1.165) is 0 Å². The monoisotopic (exact) mass is 447 g/mol. The Morgan fingerprint density at radius 1 is 0.714 bits per heavy atom. The van der Waals surface area contributed by atoms with Gasteiger partial charge >= 0.3 is 154 Å². The van der Waals surface area contributed by atoms with Gasteiger partial charge in [0.15, 0.2) is 0 Å². The van der Waals surface area contributed by atoms with Crippen LogP contribution in [0, 0.1) is 0 Å². The Balaban J connectivity index is -0.0000000945. The summed E-state index contributed by atoms with van der Waals surface area (Å²) in [5.74, 6) is -10.5. The summed E-state index contributed by atoms with van der Waals surface area (Å²) in [7, 11) is 0. The molecule has 17 heteroatoms. The number of hydrogen-bond acceptors (Lipinski definition) is 9. The van der Waals surface area contributed by atoms with Gasteiger partial charge < -0.3 is 41.3 Å². The van der Waals surface area contributed by atoms with Gasteiger partial charge in [-0.05, 0) is 6.42 Å². The van der Waals surface area contributed by atoms with E-state index in [2.05, 4.69) is 9.47 Å². The molecule has 0 radical (unpaired) electrons. The summed E-state index contributed by atoms with van der Waals surface area (Å²) in [6.07, 6.45) is -6.16. The molecule has 6 N–H and O–H groups in total. The maximum Gasteiger partial charge on any atom is 1.00 e. The van der Waals surface area contributed by atoms with Crippen molar-refractivity contribution in [3.05, 3.63) is 0 Å². The first-order valence-electron chi connectivity index (χ1n) is 6.04. The van der Waals surface area contributed by atoms with E-state index in [0.29, 0.717) is 0 Å². The van der Waals surface area contributed by atoms with Crippen LogP contribution in [0.2, 0.25) is 0 Å². The molecule has 0 amide bonds. The second-order valence-electron chi connectivity index (χ2n) is 4.18. The number of hydrogen-bond donors (Lipinski definition) is 5. The minimum absolute atomic E-state index is 0. The van der Waals surface area contributed by atoms with Gasteiger partial charge in [-0.1, -0.05) is 0 Å². The number of ether oxygens (including phenoxy) is 2. The molecule has 28 heavy (non-hydrogen) atoms. The summed E-state index contributed by atoms with van der Waals surface area (Å²) in [5.41, 5.74) is 5.26. The number of carboxylic acids is 4. The van der Waals surface area contributed by atoms with Crippen molar-refractivity contribution in [1.82, 2.24) is 0 Å². The zero-order chi connectivity index (χ0) is 19.0. The van der Waals surface area contributed by atoms with Gasteiger partial charge in [0.25, 0.3) is 12.2 Å². The van der Waals surface area contributed by atoms with Crippen LogP contribution < -0.4 is 124 Å². The molecule has 0 unspecified atom stereocenters. The van der Waals surface area contributed by atoms with E-state index in [9.17, 15) is 28.8 Å². The molecule has 0 aliphatic carbocycles. The first-order valence-corrected chi connectivity index (χ1v) is 6.04. The van der Waals surface area contributed by atoms with Gasteiger partial charge in [0.2, 0.25) is 0 Å². The summed E-state index contributed by atoms with van der Waals surface area (Å²) in [5, 5.41) is 34.0. The van der Waals surface area contributed by atoms with Crippen molar-refractivity contribution in [2.45, 2.75) is 31.1 Å². The number of esters is 2. The molecule has 0 aromatic carbocycles. The SMILES string of the molecule is N[C@@H](CCC(=O)OC(C(=O)O)C(=O)O)C(=O)OC(C(=O)O)C(=O)O.[H-].[H-].[H-].[H-].[Na+].[Na+].[Na+].[Na+]. The Kier molecular flexibility index (Phi) is 27.7. The molecule has 0 rings (SSSR count). The van der Waals surface area contributed by atoms with E-state index >= 15 is 0 Å². The fourth-order valence-electron chi connectivity index (χ4n) is 1.20. The Morgan fingerprint density at radius 2 is 1.04 bits per heavy atom. The second kappa shape index (κ2) is 19.7. The smallest absolute Gasteiger partial charge is 1.00 e. The zero-order valence-corrected chi connectivity index (χ0v) is 23.8. The minimum Gasteiger partial charge on any atom is -1.00 e. The molecule has 0 aromatic rings. The van der Waals surface area contributed by atoms with Crippen molar-refractivity contribution < 1.29 is 183 Å². The van der Waals surface area contributed by atoms with E-state index in [-0.39, 0.29) is 124 Å². The molecule has 0 fully saturated rings. The average molecular weight is 447 g/mol. The van der Waals surface area contributed by atoms with Crippen molar-refractivity contribution in [1.29, 1.82) is 0 Å². The number of carbonyl (C=O) groups excluding carboxylic acids is 2. The second-order valence-corrected chi connectivity index (χ2v) is 4.18. The molecule has 0 aromatic heterocycles. The molecular formula is C11H17NNa4O12. The molecule has 0 saturated heterocycles. The molecule has 0 bridgehead atoms. The Bertz CT molecular complexity index is 561. The molecule has 0 aliphatic heterocycles. The van der Waals surface area contributed by atoms with Gasteiger partial charge in [0, 0.05) is 6.42 Å². The topological polar surface area (TPSA) is 228 Å². The van der Waals surface area contributed by atoms with Gasteiger partial charge in [0.05, 0.1) is 0 Å². The predicted molar refractivity (Wildman–Crippen MR) is 72.0 cm³/mol. The van der Waals surface area contributed by atoms with Crippen molar-refractivity contribution in [3.8, 4) is 0 Å². The van der Waals surface area contributed by atoms with Crippen LogP contribution in [0.5, 0.6) is 0 Å². The van der Waals surface area contributed by atoms with E-state index < -0.39 is 66.9 Å². The first-order chi connectivity index (χ1) is 11.0. The molecule has 0 spiro atoms. The third-order valence-corrected chi connectivity index (χ3v) is 2.34. The average Bonchev–Trinajstić information content (AvgIpc) is 2.45. The summed E-state index contributed by atoms with van der Waals surface area (Å²) in [4.78, 5) is 64.7. The number of carbonyl (C=O) groups is 6. The molecule has 13 nitrogen and oxygen atoms in total. The van der Waals surface area contributed by atoms with Crippen LogP contribution in [0.25, 0.3) is 0 Å². The van der Waals surface area contributed by atoms with Gasteiger partial charge in [-0.15, -0.1) is 0 Å². The van der Waals surface area contributed by atoms with E-state index in [1.165, 1.54) is 0 Å². The summed E-state index contributed by atoms with van der Waals surface area (Å²) in [6, 6.07) is -1.62. The number of rotatable bonds is 10. The maximum atomic E-state index is 11.4. The largest absolute Gasteiger partial charge is 1.00 e. The molecule has 1 atom stereocenters. The molecule has 0 saturated carbocycles. The number of carboxylic acid groups (broad SMARTS) is 4. The summed E-state index contributed by atoms with van der Waals surface area (Å²) in [6.45, 7) is 0. The summed E-state index contributed by atoms with van der Waals surface area (Å²) < 4.78 is 8.25. The van der Waals surface area contributed by atoms with Crippen LogP contribution in [-0.4, -0.2) is 74.5 Å². The third kappa shape index (κ3) is 15.6. The zero-order valence-electron chi connectivity index (χ0n) is 19.8. The van der Waals surface area contributed by atoms with Crippen LogP contribution in [0.1, 0.15) is 18.5 Å². The van der Waals surface area contributed by atoms with Crippen molar-refractivity contribution in [2.75, 3.05) is 0 Å². The van der Waals surface area contributed by atoms with Crippen LogP contribution >= 0.6 is 0 Å². The Hall–Kier alpha value is 0.780. The first kappa shape index (κ1) is 39.3. The van der Waals surface area contributed by atoms with Gasteiger partial charge in [0.1, 0.15) is 6.04 Å². The minimum atomic E-state index is -2.49. The number of aliphatic carboxylic acids is 4. The van der Waals surface area contributed by atoms with E-state index in [4.69, 9.17) is 26.2 Å². The molecule has 0 heterocycles. The fourth-order valence-corrected chi connectivity index (χ4v) is 1.20. The third-order valence-electron chi connectivity index (χ3n) is 2.34. The quantitative estimate of drug-likeness (QED) is 0.119. The van der Waals surface area contributed by atoms with Crippen molar-refractivity contribution in [2.24, 2.45) is 5.73 Å². The van der Waals surface area contributed by atoms with Gasteiger partial charge in [-0.25, -0.2) is 19.2 Å². The molecular weight excluding hydrogens is 430 g/mol. The molecule has 0 aliphatic rings. The standard InChI is InChI=1S/C11H13NO12.4Na.4H/c12-3(11(22)24-6(9(18)19)10(20)21)1-2-4(13)23-5(7(14)15)8(16)17;;;;;;;;/h3,5-6H,1-2,12H2,(H,14,15)(H,16,17)(H,18,19)(H,20,21);;;;;;;;/q;4*+1;4*-1/t3-;;;;;;;;/m0......../s1. The predicted octanol–water partition coefficient (Wildman–Crippen LogP) is -14.3. The normalized spacial score (nSPS) is 9.96. The Labute approximate surface area is 252 Å². The Morgan fingerprint density at radius 3 is 1.36 bits per heavy atom. The van der Waals surface area contributed by atoms with Gasteiger partial charge in [-0.3, -0.25) is 9.59 Å². The van der Waals surface area contributed by atoms with Crippen LogP contribution in [0.4, 0.5) is 0 Å². The van der Waals surface area contributed by atoms with Gasteiger partial charge in [-0.2, -0.15) is 0 Å². The maximum absolute atomic E-state index is 11.4. The molecule has 142 valence electrons. The van der Waals surface area contributed by atoms with Crippen molar-refractivity contribution in [3.63, 3.8) is 0 Å². The van der Waals surface area contributed by atoms with E-state index in [1.54, 1.807) is 0 Å². The van der Waals surface area contributed by atoms with E-state index in [1.807, 2.05) is 0 Å². The summed E-state index contributed by atoms with van der Waals surface area (Å²) >= 11 is 0.